The molecule has 26 heavy (non-hydrogen) atoms. The van der Waals surface area contributed by atoms with Crippen LogP contribution < -0.4 is 5.73 Å². The Bertz CT molecular complexity index is 929. The van der Waals surface area contributed by atoms with Crippen LogP contribution in [0.3, 0.4) is 0 Å². The zero-order valence-corrected chi connectivity index (χ0v) is 15.1. The van der Waals surface area contributed by atoms with E-state index < -0.39 is 11.7 Å². The highest BCUT2D eigenvalue weighted by atomic mass is 35.5. The summed E-state index contributed by atoms with van der Waals surface area (Å²) < 4.78 is 39.5. The van der Waals surface area contributed by atoms with Gasteiger partial charge in [0.05, 0.1) is 11.3 Å². The fourth-order valence-electron chi connectivity index (χ4n) is 3.19. The molecule has 0 aliphatic rings. The van der Waals surface area contributed by atoms with Crippen LogP contribution in [0.5, 0.6) is 0 Å². The summed E-state index contributed by atoms with van der Waals surface area (Å²) in [5.74, 6) is 0. The van der Waals surface area contributed by atoms with Gasteiger partial charge in [-0.1, -0.05) is 23.2 Å². The number of H-pyrrole nitrogens is 1. The third kappa shape index (κ3) is 3.74. The van der Waals surface area contributed by atoms with Gasteiger partial charge in [0.25, 0.3) is 0 Å². The molecule has 138 valence electrons. The van der Waals surface area contributed by atoms with E-state index in [9.17, 15) is 13.2 Å². The van der Waals surface area contributed by atoms with Crippen LogP contribution in [0.15, 0.2) is 36.4 Å². The van der Waals surface area contributed by atoms with Crippen molar-refractivity contribution in [1.82, 2.24) is 4.98 Å². The van der Waals surface area contributed by atoms with Gasteiger partial charge in [-0.15, -0.1) is 0 Å². The summed E-state index contributed by atoms with van der Waals surface area (Å²) in [5, 5.41) is 1.31. The normalized spacial score (nSPS) is 12.1. The number of nitrogens with two attached hydrogens (primary N) is 1. The van der Waals surface area contributed by atoms with Crippen LogP contribution in [0.1, 0.15) is 29.5 Å². The van der Waals surface area contributed by atoms with Gasteiger partial charge >= 0.3 is 6.18 Å². The first-order chi connectivity index (χ1) is 12.3. The topological polar surface area (TPSA) is 41.8 Å². The molecule has 0 fully saturated rings. The largest absolute Gasteiger partial charge is 0.416 e. The highest BCUT2D eigenvalue weighted by molar-refractivity contribution is 6.33. The van der Waals surface area contributed by atoms with Gasteiger partial charge in [-0.05, 0) is 68.6 Å². The highest BCUT2D eigenvalue weighted by Crippen LogP contribution is 2.39. The minimum Gasteiger partial charge on any atom is -0.354 e. The summed E-state index contributed by atoms with van der Waals surface area (Å²) >= 11 is 6.27. The molecular weight excluding hydrogens is 361 g/mol. The van der Waals surface area contributed by atoms with E-state index >= 15 is 0 Å². The van der Waals surface area contributed by atoms with Crippen LogP contribution in [-0.4, -0.2) is 11.5 Å². The lowest BCUT2D eigenvalue weighted by molar-refractivity contribution is -0.137. The van der Waals surface area contributed by atoms with Crippen LogP contribution >= 0.6 is 11.6 Å². The zero-order valence-electron chi connectivity index (χ0n) is 14.4. The molecular formula is C20H20ClF3N2. The maximum Gasteiger partial charge on any atom is 0.416 e. The number of hydrogen-bond acceptors (Lipinski definition) is 1. The van der Waals surface area contributed by atoms with Gasteiger partial charge < -0.3 is 10.7 Å². The number of rotatable bonds is 5. The maximum atomic E-state index is 13.2. The van der Waals surface area contributed by atoms with E-state index in [2.05, 4.69) is 11.1 Å². The van der Waals surface area contributed by atoms with Crippen molar-refractivity contribution < 1.29 is 13.2 Å². The van der Waals surface area contributed by atoms with E-state index in [1.165, 1.54) is 6.07 Å². The quantitative estimate of drug-likeness (QED) is 0.516. The molecule has 0 spiro atoms. The molecule has 0 bridgehead atoms. The molecule has 0 aliphatic heterocycles. The van der Waals surface area contributed by atoms with Gasteiger partial charge in [0.1, 0.15) is 0 Å². The van der Waals surface area contributed by atoms with Gasteiger partial charge in [0.2, 0.25) is 0 Å². The Morgan fingerprint density at radius 1 is 1.08 bits per heavy atom. The van der Waals surface area contributed by atoms with Gasteiger partial charge in [0, 0.05) is 21.5 Å². The molecule has 2 nitrogen and oxygen atoms in total. The zero-order chi connectivity index (χ0) is 18.9. The third-order valence-electron chi connectivity index (χ3n) is 4.51. The summed E-state index contributed by atoms with van der Waals surface area (Å²) in [4.78, 5) is 3.27. The summed E-state index contributed by atoms with van der Waals surface area (Å²) in [5.41, 5.74) is 8.88. The number of hydrogen-bond donors (Lipinski definition) is 2. The first-order valence-electron chi connectivity index (χ1n) is 8.49. The molecule has 0 saturated carbocycles. The first-order valence-corrected chi connectivity index (χ1v) is 8.87. The van der Waals surface area contributed by atoms with Crippen molar-refractivity contribution in [1.29, 1.82) is 0 Å². The van der Waals surface area contributed by atoms with Gasteiger partial charge in [-0.3, -0.25) is 0 Å². The third-order valence-corrected chi connectivity index (χ3v) is 4.84. The van der Waals surface area contributed by atoms with Crippen LogP contribution in [-0.2, 0) is 12.6 Å². The van der Waals surface area contributed by atoms with E-state index in [1.54, 1.807) is 0 Å². The molecule has 3 aromatic rings. The van der Waals surface area contributed by atoms with Crippen molar-refractivity contribution in [3.05, 3.63) is 58.1 Å². The molecule has 1 heterocycles. The highest BCUT2D eigenvalue weighted by Gasteiger charge is 2.31. The van der Waals surface area contributed by atoms with Gasteiger partial charge in [0.15, 0.2) is 0 Å². The fraction of sp³-hybridized carbons (Fsp3) is 0.300. The number of aromatic nitrogens is 1. The number of aryl methyl sites for hydroxylation is 2. The van der Waals surface area contributed by atoms with Crippen molar-refractivity contribution in [3.8, 4) is 11.3 Å². The minimum absolute atomic E-state index is 0.293. The lowest BCUT2D eigenvalue weighted by atomic mass is 9.98. The maximum absolute atomic E-state index is 13.2. The Morgan fingerprint density at radius 3 is 2.54 bits per heavy atom. The average molecular weight is 381 g/mol. The van der Waals surface area contributed by atoms with Gasteiger partial charge in [-0.2, -0.15) is 13.2 Å². The van der Waals surface area contributed by atoms with Crippen LogP contribution in [0, 0.1) is 6.92 Å². The molecule has 6 heteroatoms. The van der Waals surface area contributed by atoms with Crippen molar-refractivity contribution >= 4 is 22.5 Å². The number of fused-ring (bicyclic) bond motifs is 1. The van der Waals surface area contributed by atoms with E-state index in [1.807, 2.05) is 19.1 Å². The molecule has 0 unspecified atom stereocenters. The van der Waals surface area contributed by atoms with Crippen molar-refractivity contribution in [2.75, 3.05) is 6.54 Å². The summed E-state index contributed by atoms with van der Waals surface area (Å²) in [6.45, 7) is 2.58. The summed E-state index contributed by atoms with van der Waals surface area (Å²) in [6, 6.07) is 9.40. The average Bonchev–Trinajstić information content (AvgIpc) is 2.92. The molecule has 0 atom stereocenters. The molecule has 0 radical (unpaired) electrons. The SMILES string of the molecule is Cc1ccc2[nH]c(-c3cc(C(F)(F)F)ccc3Cl)c(CCCCN)c2c1. The first kappa shape index (κ1) is 18.8. The monoisotopic (exact) mass is 380 g/mol. The summed E-state index contributed by atoms with van der Waals surface area (Å²) in [6.07, 6.45) is -1.97. The second kappa shape index (κ2) is 7.33. The number of alkyl halides is 3. The lowest BCUT2D eigenvalue weighted by Gasteiger charge is -2.11. The van der Waals surface area contributed by atoms with E-state index in [0.717, 1.165) is 53.4 Å². The standard InChI is InChI=1S/C20H20ClF3N2/c1-12-5-8-18-15(10-12)14(4-2-3-9-25)19(26-18)16-11-13(20(22,23)24)6-7-17(16)21/h5-8,10-11,26H,2-4,9,25H2,1H3. The van der Waals surface area contributed by atoms with Crippen molar-refractivity contribution in [2.24, 2.45) is 5.73 Å². The number of aromatic amines is 1. The molecule has 0 amide bonds. The molecule has 0 aliphatic carbocycles. The number of halogens is 4. The Morgan fingerprint density at radius 2 is 1.85 bits per heavy atom. The number of benzene rings is 2. The van der Waals surface area contributed by atoms with Crippen LogP contribution in [0.4, 0.5) is 13.2 Å². The minimum atomic E-state index is -4.42. The van der Waals surface area contributed by atoms with E-state index in [4.69, 9.17) is 17.3 Å². The Hall–Kier alpha value is -1.98. The number of nitrogens with one attached hydrogen (secondary N) is 1. The Labute approximate surface area is 155 Å². The number of unbranched alkanes of at least 4 members (excludes halogenated alkanes) is 1. The van der Waals surface area contributed by atoms with Crippen LogP contribution in [0.2, 0.25) is 5.02 Å². The van der Waals surface area contributed by atoms with Crippen molar-refractivity contribution in [3.63, 3.8) is 0 Å². The predicted molar refractivity (Wildman–Crippen MR) is 100 cm³/mol. The smallest absolute Gasteiger partial charge is 0.354 e. The van der Waals surface area contributed by atoms with Crippen molar-refractivity contribution in [2.45, 2.75) is 32.4 Å². The Balaban J connectivity index is 2.19. The molecule has 3 N–H and O–H groups in total. The van der Waals surface area contributed by atoms with E-state index in [-0.39, 0.29) is 0 Å². The second-order valence-corrected chi connectivity index (χ2v) is 6.87. The predicted octanol–water partition coefficient (Wildman–Crippen LogP) is 6.10. The fourth-order valence-corrected chi connectivity index (χ4v) is 3.40. The van der Waals surface area contributed by atoms with E-state index in [0.29, 0.717) is 22.8 Å². The Kier molecular flexibility index (Phi) is 5.30. The molecule has 1 aromatic heterocycles. The van der Waals surface area contributed by atoms with Crippen LogP contribution in [0.25, 0.3) is 22.2 Å². The summed E-state index contributed by atoms with van der Waals surface area (Å²) in [7, 11) is 0. The lowest BCUT2D eigenvalue weighted by Crippen LogP contribution is -2.05. The molecule has 2 aromatic carbocycles. The van der Waals surface area contributed by atoms with Gasteiger partial charge in [-0.25, -0.2) is 0 Å². The molecule has 0 saturated heterocycles. The second-order valence-electron chi connectivity index (χ2n) is 6.47. The molecule has 3 rings (SSSR count).